The van der Waals surface area contributed by atoms with Gasteiger partial charge in [-0.25, -0.2) is 9.18 Å². The molecule has 0 spiro atoms. The Kier molecular flexibility index (Phi) is 6.72. The topological polar surface area (TPSA) is 55.4 Å². The summed E-state index contributed by atoms with van der Waals surface area (Å²) in [5.74, 6) is -1.17. The zero-order chi connectivity index (χ0) is 17.5. The van der Waals surface area contributed by atoms with Crippen LogP contribution in [0, 0.1) is 9.39 Å². The van der Waals surface area contributed by atoms with Crippen molar-refractivity contribution in [1.29, 1.82) is 0 Å². The van der Waals surface area contributed by atoms with Gasteiger partial charge in [0.25, 0.3) is 0 Å². The molecule has 0 saturated heterocycles. The number of hydrogen-bond acceptors (Lipinski definition) is 3. The molecule has 1 amide bonds. The molecule has 0 heterocycles. The molecule has 0 saturated carbocycles. The van der Waals surface area contributed by atoms with Crippen LogP contribution in [0.4, 0.5) is 4.39 Å². The molecule has 4 nitrogen and oxygen atoms in total. The molecule has 126 valence electrons. The highest BCUT2D eigenvalue weighted by Crippen LogP contribution is 2.11. The van der Waals surface area contributed by atoms with E-state index in [0.717, 1.165) is 9.13 Å². The predicted octanol–water partition coefficient (Wildman–Crippen LogP) is 2.87. The number of rotatable bonds is 6. The van der Waals surface area contributed by atoms with Crippen LogP contribution in [-0.4, -0.2) is 25.0 Å². The molecule has 2 aromatic carbocycles. The summed E-state index contributed by atoms with van der Waals surface area (Å²) in [6, 6.07) is 12.6. The molecule has 0 fully saturated rings. The zero-order valence-electron chi connectivity index (χ0n) is 13.1. The van der Waals surface area contributed by atoms with E-state index in [1.54, 1.807) is 12.1 Å². The average molecular weight is 441 g/mol. The Morgan fingerprint density at radius 2 is 1.88 bits per heavy atom. The first-order chi connectivity index (χ1) is 11.5. The molecule has 0 bridgehead atoms. The highest BCUT2D eigenvalue weighted by molar-refractivity contribution is 14.1. The molecule has 0 radical (unpaired) electrons. The average Bonchev–Trinajstić information content (AvgIpc) is 2.55. The lowest BCUT2D eigenvalue weighted by molar-refractivity contribution is -0.145. The fraction of sp³-hybridized carbons (Fsp3) is 0.222. The van der Waals surface area contributed by atoms with Crippen molar-refractivity contribution in [2.24, 2.45) is 0 Å². The van der Waals surface area contributed by atoms with Crippen LogP contribution >= 0.6 is 22.6 Å². The van der Waals surface area contributed by atoms with Gasteiger partial charge in [0.1, 0.15) is 11.9 Å². The van der Waals surface area contributed by atoms with Crippen molar-refractivity contribution in [1.82, 2.24) is 5.32 Å². The van der Waals surface area contributed by atoms with Crippen LogP contribution in [0.2, 0.25) is 0 Å². The number of halogens is 2. The van der Waals surface area contributed by atoms with Crippen LogP contribution in [0.25, 0.3) is 0 Å². The maximum Gasteiger partial charge on any atom is 0.328 e. The van der Waals surface area contributed by atoms with Gasteiger partial charge in [0.2, 0.25) is 5.91 Å². The van der Waals surface area contributed by atoms with Gasteiger partial charge in [0.15, 0.2) is 0 Å². The summed E-state index contributed by atoms with van der Waals surface area (Å²) >= 11 is 2.19. The Morgan fingerprint density at radius 1 is 1.17 bits per heavy atom. The van der Waals surface area contributed by atoms with Gasteiger partial charge in [-0.1, -0.05) is 24.3 Å². The summed E-state index contributed by atoms with van der Waals surface area (Å²) < 4.78 is 18.7. The van der Waals surface area contributed by atoms with Gasteiger partial charge >= 0.3 is 5.97 Å². The van der Waals surface area contributed by atoms with E-state index in [1.165, 1.54) is 19.2 Å². The Bertz CT molecular complexity index is 718. The van der Waals surface area contributed by atoms with E-state index in [1.807, 2.05) is 24.3 Å². The van der Waals surface area contributed by atoms with E-state index in [2.05, 4.69) is 27.9 Å². The highest BCUT2D eigenvalue weighted by Gasteiger charge is 2.22. The molecule has 2 rings (SSSR count). The SMILES string of the molecule is COC(=O)[C@@H](Cc1cccc(I)c1)NC(=O)Cc1ccc(F)cc1. The van der Waals surface area contributed by atoms with Gasteiger partial charge in [-0.3, -0.25) is 4.79 Å². The molecular formula is C18H17FINO3. The van der Waals surface area contributed by atoms with Crippen LogP contribution in [-0.2, 0) is 27.2 Å². The van der Waals surface area contributed by atoms with Crippen LogP contribution in [0.5, 0.6) is 0 Å². The van der Waals surface area contributed by atoms with Crippen LogP contribution < -0.4 is 5.32 Å². The van der Waals surface area contributed by atoms with Crippen molar-refractivity contribution in [2.45, 2.75) is 18.9 Å². The van der Waals surface area contributed by atoms with E-state index in [9.17, 15) is 14.0 Å². The molecular weight excluding hydrogens is 424 g/mol. The third-order valence-electron chi connectivity index (χ3n) is 3.43. The molecule has 0 aliphatic rings. The maximum absolute atomic E-state index is 12.9. The van der Waals surface area contributed by atoms with E-state index in [0.29, 0.717) is 12.0 Å². The third-order valence-corrected chi connectivity index (χ3v) is 4.10. The fourth-order valence-corrected chi connectivity index (χ4v) is 2.88. The van der Waals surface area contributed by atoms with Gasteiger partial charge in [-0.05, 0) is 58.0 Å². The lowest BCUT2D eigenvalue weighted by Crippen LogP contribution is -2.43. The lowest BCUT2D eigenvalue weighted by atomic mass is 10.1. The predicted molar refractivity (Wildman–Crippen MR) is 96.9 cm³/mol. The van der Waals surface area contributed by atoms with E-state index >= 15 is 0 Å². The Hall–Kier alpha value is -1.96. The summed E-state index contributed by atoms with van der Waals surface area (Å²) in [6.45, 7) is 0. The van der Waals surface area contributed by atoms with Gasteiger partial charge in [0, 0.05) is 9.99 Å². The number of carbonyl (C=O) groups excluding carboxylic acids is 2. The Balaban J connectivity index is 2.03. The number of ether oxygens (including phenoxy) is 1. The molecule has 24 heavy (non-hydrogen) atoms. The summed E-state index contributed by atoms with van der Waals surface area (Å²) in [6.07, 6.45) is 0.415. The lowest BCUT2D eigenvalue weighted by Gasteiger charge is -2.17. The second-order valence-corrected chi connectivity index (χ2v) is 6.53. The molecule has 0 aliphatic carbocycles. The van der Waals surface area contributed by atoms with E-state index < -0.39 is 12.0 Å². The van der Waals surface area contributed by atoms with Gasteiger partial charge in [0.05, 0.1) is 13.5 Å². The van der Waals surface area contributed by atoms with Crippen molar-refractivity contribution in [2.75, 3.05) is 7.11 Å². The minimum atomic E-state index is -0.763. The number of nitrogens with one attached hydrogen (secondary N) is 1. The molecule has 1 N–H and O–H groups in total. The van der Waals surface area contributed by atoms with E-state index in [-0.39, 0.29) is 18.1 Å². The molecule has 2 aromatic rings. The van der Waals surface area contributed by atoms with Crippen molar-refractivity contribution in [3.8, 4) is 0 Å². The van der Waals surface area contributed by atoms with Gasteiger partial charge in [-0.2, -0.15) is 0 Å². The minimum absolute atomic E-state index is 0.0695. The number of carbonyl (C=O) groups is 2. The molecule has 0 aliphatic heterocycles. The Morgan fingerprint density at radius 3 is 2.50 bits per heavy atom. The van der Waals surface area contributed by atoms with Crippen molar-refractivity contribution in [3.05, 3.63) is 69.0 Å². The van der Waals surface area contributed by atoms with Crippen LogP contribution in [0.3, 0.4) is 0 Å². The fourth-order valence-electron chi connectivity index (χ4n) is 2.27. The van der Waals surface area contributed by atoms with Crippen LogP contribution in [0.1, 0.15) is 11.1 Å². The first-order valence-corrected chi connectivity index (χ1v) is 8.42. The standard InChI is InChI=1S/C18H17FINO3/c1-24-18(23)16(10-13-3-2-4-15(20)9-13)21-17(22)11-12-5-7-14(19)8-6-12/h2-9,16H,10-11H2,1H3,(H,21,22)/t16-/m1/s1. The first-order valence-electron chi connectivity index (χ1n) is 7.34. The quantitative estimate of drug-likeness (QED) is 0.554. The number of benzene rings is 2. The maximum atomic E-state index is 12.9. The molecule has 6 heteroatoms. The minimum Gasteiger partial charge on any atom is -0.467 e. The number of esters is 1. The monoisotopic (exact) mass is 441 g/mol. The largest absolute Gasteiger partial charge is 0.467 e. The van der Waals surface area contributed by atoms with E-state index in [4.69, 9.17) is 4.74 Å². The summed E-state index contributed by atoms with van der Waals surface area (Å²) in [4.78, 5) is 24.1. The molecule has 1 atom stereocenters. The highest BCUT2D eigenvalue weighted by atomic mass is 127. The van der Waals surface area contributed by atoms with Gasteiger partial charge < -0.3 is 10.1 Å². The number of amides is 1. The molecule has 0 unspecified atom stereocenters. The molecule has 0 aromatic heterocycles. The Labute approximate surface area is 153 Å². The van der Waals surface area contributed by atoms with Crippen molar-refractivity contribution >= 4 is 34.5 Å². The second-order valence-electron chi connectivity index (χ2n) is 5.28. The normalized spacial score (nSPS) is 11.6. The summed E-state index contributed by atoms with van der Waals surface area (Å²) in [5, 5.41) is 2.69. The smallest absolute Gasteiger partial charge is 0.328 e. The summed E-state index contributed by atoms with van der Waals surface area (Å²) in [5.41, 5.74) is 1.60. The van der Waals surface area contributed by atoms with Crippen LogP contribution in [0.15, 0.2) is 48.5 Å². The third kappa shape index (κ3) is 5.59. The zero-order valence-corrected chi connectivity index (χ0v) is 15.2. The summed E-state index contributed by atoms with van der Waals surface area (Å²) in [7, 11) is 1.29. The first kappa shape index (κ1) is 18.4. The number of methoxy groups -OCH3 is 1. The van der Waals surface area contributed by atoms with Crippen molar-refractivity contribution < 1.29 is 18.7 Å². The van der Waals surface area contributed by atoms with Gasteiger partial charge in [-0.15, -0.1) is 0 Å². The number of hydrogen-bond donors (Lipinski definition) is 1. The second kappa shape index (κ2) is 8.77. The van der Waals surface area contributed by atoms with Crippen molar-refractivity contribution in [3.63, 3.8) is 0 Å².